The van der Waals surface area contributed by atoms with Crippen molar-refractivity contribution in [1.82, 2.24) is 50.6 Å². The number of unbranched alkanes of at least 4 members (excludes halogenated alkanes) is 1. The van der Waals surface area contributed by atoms with Crippen LogP contribution in [-0.4, -0.2) is 89.5 Å². The molecule has 494 valence electrons. The van der Waals surface area contributed by atoms with Crippen LogP contribution in [-0.2, 0) is 48.0 Å². The Bertz CT molecular complexity index is 4320. The molecule has 10 aromatic carbocycles. The van der Waals surface area contributed by atoms with Gasteiger partial charge in [-0.2, -0.15) is 0 Å². The Labute approximate surface area is 574 Å². The number of amides is 1. The van der Waals surface area contributed by atoms with Crippen molar-refractivity contribution in [3.05, 3.63) is 324 Å². The first-order valence-corrected chi connectivity index (χ1v) is 33.4. The molecule has 2 aromatic heterocycles. The van der Waals surface area contributed by atoms with Gasteiger partial charge in [0.25, 0.3) is 0 Å². The van der Waals surface area contributed by atoms with Gasteiger partial charge in [0.05, 0.1) is 14.2 Å². The van der Waals surface area contributed by atoms with Crippen molar-refractivity contribution in [1.29, 1.82) is 0 Å². The number of nitrogens with zero attached hydrogens (tertiary/aromatic N) is 9. The SMILES string of the molecule is CCCCC(=O)N(Cc1ccc(-c2ccccc2-c2nnnn2C(c2ccccc2)(c2ccccc2)c2ccccc2)cc1)[C@H](C(=O)OC)C(C)C.COC(=O)[C@@H](NCc1ccc(-c2ccccc2-c2nnnn2C(c2ccccc2)(c2ccccc2)c2ccccc2)cc1)C(C)C. The summed E-state index contributed by atoms with van der Waals surface area (Å²) in [5.74, 6) is 0.560. The molecule has 0 aliphatic carbocycles. The predicted octanol–water partition coefficient (Wildman–Crippen LogP) is 15.7. The quantitative estimate of drug-likeness (QED) is 0.0425. The first kappa shape index (κ1) is 68.1. The van der Waals surface area contributed by atoms with Crippen molar-refractivity contribution >= 4 is 17.8 Å². The number of carbonyl (C=O) groups excluding carboxylic acids is 3. The number of methoxy groups -OCH3 is 2. The Morgan fingerprint density at radius 2 is 0.765 bits per heavy atom. The lowest BCUT2D eigenvalue weighted by Crippen LogP contribution is -2.48. The molecule has 0 fully saturated rings. The molecule has 12 rings (SSSR count). The van der Waals surface area contributed by atoms with E-state index in [1.807, 2.05) is 146 Å². The van der Waals surface area contributed by atoms with Gasteiger partial charge in [0.1, 0.15) is 23.2 Å². The molecule has 2 atom stereocenters. The summed E-state index contributed by atoms with van der Waals surface area (Å²) >= 11 is 0. The van der Waals surface area contributed by atoms with Crippen LogP contribution >= 0.6 is 0 Å². The molecule has 0 unspecified atom stereocenters. The average Bonchev–Trinajstić information content (AvgIpc) is 1.30. The molecule has 0 spiro atoms. The number of nitrogens with one attached hydrogen (secondary N) is 1. The summed E-state index contributed by atoms with van der Waals surface area (Å²) in [5.41, 5.74) is 12.2. The van der Waals surface area contributed by atoms with Crippen LogP contribution in [0.25, 0.3) is 45.0 Å². The van der Waals surface area contributed by atoms with E-state index in [1.165, 1.54) is 14.2 Å². The van der Waals surface area contributed by atoms with Crippen LogP contribution in [0.1, 0.15) is 98.4 Å². The maximum absolute atomic E-state index is 13.5. The zero-order valence-electron chi connectivity index (χ0n) is 56.5. The second-order valence-corrected chi connectivity index (χ2v) is 24.9. The zero-order chi connectivity index (χ0) is 68.4. The van der Waals surface area contributed by atoms with E-state index in [1.54, 1.807) is 4.90 Å². The van der Waals surface area contributed by atoms with E-state index >= 15 is 0 Å². The van der Waals surface area contributed by atoms with Crippen LogP contribution in [0.15, 0.2) is 279 Å². The molecule has 0 radical (unpaired) electrons. The zero-order valence-corrected chi connectivity index (χ0v) is 56.5. The summed E-state index contributed by atoms with van der Waals surface area (Å²) in [7, 11) is 2.80. The minimum Gasteiger partial charge on any atom is -0.468 e. The minimum atomic E-state index is -0.889. The average molecular weight is 1300 g/mol. The number of hydrogen-bond donors (Lipinski definition) is 1. The Kier molecular flexibility index (Phi) is 22.2. The van der Waals surface area contributed by atoms with E-state index in [-0.39, 0.29) is 29.8 Å². The second kappa shape index (κ2) is 32.0. The summed E-state index contributed by atoms with van der Waals surface area (Å²) in [6, 6.07) is 94.1. The van der Waals surface area contributed by atoms with E-state index in [0.717, 1.165) is 90.7 Å². The number of carbonyl (C=O) groups is 3. The summed E-state index contributed by atoms with van der Waals surface area (Å²) < 4.78 is 14.0. The van der Waals surface area contributed by atoms with Crippen molar-refractivity contribution < 1.29 is 23.9 Å². The molecule has 15 heteroatoms. The normalized spacial score (nSPS) is 12.1. The van der Waals surface area contributed by atoms with Gasteiger partial charge >= 0.3 is 11.9 Å². The van der Waals surface area contributed by atoms with Crippen LogP contribution in [0.2, 0.25) is 0 Å². The van der Waals surface area contributed by atoms with E-state index in [4.69, 9.17) is 25.0 Å². The molecule has 2 heterocycles. The standard InChI is InChI=1S/C44H45N5O3.C39H37N5O2/c1-5-6-26-40(50)48(41(32(2)3)43(51)52-4)31-33-27-29-34(30-28-33)38-24-16-17-25-39(38)42-45-46-47-49(42)44(35-18-10-7-11-19-35,36-20-12-8-13-21-36)37-22-14-9-15-23-37;1-28(2)36(38(45)46-3)40-27-29-23-25-30(26-24-29)34-21-13-14-22-35(34)37-41-42-43-44(37)39(31-15-7-4-8-16-31,32-17-9-5-10-18-32)33-19-11-6-12-20-33/h7-25,27-30,32,41H,5-6,26,31H2,1-4H3;4-26,28,36,40H,27H2,1-3H3/t41-;36-/m00/s1. The predicted molar refractivity (Wildman–Crippen MR) is 385 cm³/mol. The van der Waals surface area contributed by atoms with E-state index in [9.17, 15) is 14.4 Å². The van der Waals surface area contributed by atoms with Crippen molar-refractivity contribution in [2.24, 2.45) is 11.8 Å². The Morgan fingerprint density at radius 3 is 1.09 bits per heavy atom. The molecule has 12 aromatic rings. The maximum atomic E-state index is 13.5. The summed E-state index contributed by atoms with van der Waals surface area (Å²) in [5, 5.41) is 30.8. The topological polar surface area (TPSA) is 172 Å². The number of benzene rings is 10. The first-order chi connectivity index (χ1) is 47.9. The fourth-order valence-electron chi connectivity index (χ4n) is 13.3. The van der Waals surface area contributed by atoms with Gasteiger partial charge in [-0.3, -0.25) is 9.59 Å². The monoisotopic (exact) mass is 1300 g/mol. The number of aromatic nitrogens is 8. The largest absolute Gasteiger partial charge is 0.468 e. The smallest absolute Gasteiger partial charge is 0.328 e. The number of esters is 2. The fraction of sp³-hybridized carbons (Fsp3) is 0.217. The molecule has 0 saturated carbocycles. The third-order valence-electron chi connectivity index (χ3n) is 18.1. The van der Waals surface area contributed by atoms with Crippen LogP contribution in [0.5, 0.6) is 0 Å². The molecule has 1 N–H and O–H groups in total. The number of tetrazole rings is 2. The molecule has 1 amide bonds. The fourth-order valence-corrected chi connectivity index (χ4v) is 13.3. The minimum absolute atomic E-state index is 0.0501. The Balaban J connectivity index is 0.000000200. The summed E-state index contributed by atoms with van der Waals surface area (Å²) in [4.78, 5) is 40.3. The summed E-state index contributed by atoms with van der Waals surface area (Å²) in [6.07, 6.45) is 2.04. The maximum Gasteiger partial charge on any atom is 0.328 e. The molecule has 15 nitrogen and oxygen atoms in total. The van der Waals surface area contributed by atoms with Gasteiger partial charge < -0.3 is 19.7 Å². The van der Waals surface area contributed by atoms with E-state index in [2.05, 4.69) is 198 Å². The van der Waals surface area contributed by atoms with Crippen LogP contribution < -0.4 is 5.32 Å². The van der Waals surface area contributed by atoms with Crippen molar-refractivity contribution in [2.45, 2.75) is 90.1 Å². The van der Waals surface area contributed by atoms with Crippen LogP contribution in [0.4, 0.5) is 0 Å². The van der Waals surface area contributed by atoms with Gasteiger partial charge in [-0.25, -0.2) is 14.2 Å². The van der Waals surface area contributed by atoms with Crippen LogP contribution in [0.3, 0.4) is 0 Å². The molecule has 0 aliphatic rings. The second-order valence-electron chi connectivity index (χ2n) is 24.9. The number of rotatable bonds is 25. The van der Waals surface area contributed by atoms with Gasteiger partial charge in [0, 0.05) is 30.6 Å². The van der Waals surface area contributed by atoms with Crippen molar-refractivity contribution in [2.75, 3.05) is 14.2 Å². The Morgan fingerprint density at radius 1 is 0.429 bits per heavy atom. The number of hydrogen-bond acceptors (Lipinski definition) is 12. The van der Waals surface area contributed by atoms with Gasteiger partial charge in [-0.1, -0.05) is 320 Å². The highest BCUT2D eigenvalue weighted by Gasteiger charge is 2.44. The Hall–Kier alpha value is -11.3. The lowest BCUT2D eigenvalue weighted by Gasteiger charge is -2.36. The lowest BCUT2D eigenvalue weighted by molar-refractivity contribution is -0.155. The summed E-state index contributed by atoms with van der Waals surface area (Å²) in [6.45, 7) is 10.8. The van der Waals surface area contributed by atoms with Crippen LogP contribution in [0, 0.1) is 11.8 Å². The molecular formula is C83H82N10O5. The molecule has 98 heavy (non-hydrogen) atoms. The van der Waals surface area contributed by atoms with Gasteiger partial charge in [-0.15, -0.1) is 10.2 Å². The van der Waals surface area contributed by atoms with E-state index < -0.39 is 23.1 Å². The van der Waals surface area contributed by atoms with Gasteiger partial charge in [-0.05, 0) is 106 Å². The highest BCUT2D eigenvalue weighted by molar-refractivity contribution is 5.86. The highest BCUT2D eigenvalue weighted by Crippen LogP contribution is 2.46. The molecule has 0 saturated heterocycles. The van der Waals surface area contributed by atoms with Gasteiger partial charge in [0.15, 0.2) is 11.6 Å². The molecule has 0 bridgehead atoms. The highest BCUT2D eigenvalue weighted by atomic mass is 16.5. The number of ether oxygens (including phenoxy) is 2. The third kappa shape index (κ3) is 14.3. The van der Waals surface area contributed by atoms with Crippen molar-refractivity contribution in [3.63, 3.8) is 0 Å². The lowest BCUT2D eigenvalue weighted by atomic mass is 9.77. The van der Waals surface area contributed by atoms with E-state index in [0.29, 0.717) is 31.2 Å². The molecular weight excluding hydrogens is 1220 g/mol. The molecule has 0 aliphatic heterocycles. The van der Waals surface area contributed by atoms with Crippen molar-refractivity contribution in [3.8, 4) is 45.0 Å². The van der Waals surface area contributed by atoms with Gasteiger partial charge in [0.2, 0.25) is 5.91 Å². The third-order valence-corrected chi connectivity index (χ3v) is 18.1. The first-order valence-electron chi connectivity index (χ1n) is 33.4.